The summed E-state index contributed by atoms with van der Waals surface area (Å²) in [5, 5.41) is 8.21. The summed E-state index contributed by atoms with van der Waals surface area (Å²) in [5.41, 5.74) is 2.15. The highest BCUT2D eigenvalue weighted by atomic mass is 35.5. The molecule has 4 heteroatoms. The third-order valence-corrected chi connectivity index (χ3v) is 4.96. The molecule has 0 heterocycles. The van der Waals surface area contributed by atoms with E-state index in [-0.39, 0.29) is 0 Å². The summed E-state index contributed by atoms with van der Waals surface area (Å²) in [6.45, 7) is 2.05. The summed E-state index contributed by atoms with van der Waals surface area (Å²) in [5.74, 6) is 1.75. The van der Waals surface area contributed by atoms with Crippen LogP contribution in [0.25, 0.3) is 0 Å². The Bertz CT molecular complexity index is 503. The molecule has 2 aliphatic rings. The van der Waals surface area contributed by atoms with E-state index >= 15 is 0 Å². The number of anilines is 1. The molecule has 2 saturated carbocycles. The largest absolute Gasteiger partial charge is 0.359 e. The van der Waals surface area contributed by atoms with Gasteiger partial charge in [0.25, 0.3) is 0 Å². The van der Waals surface area contributed by atoms with Crippen LogP contribution in [0.15, 0.2) is 18.2 Å². The maximum atomic E-state index is 6.02. The molecule has 3 atom stereocenters. The van der Waals surface area contributed by atoms with Gasteiger partial charge in [0.05, 0.1) is 0 Å². The molecule has 102 valence electrons. The van der Waals surface area contributed by atoms with Crippen LogP contribution in [-0.4, -0.2) is 11.2 Å². The summed E-state index contributed by atoms with van der Waals surface area (Å²) in [4.78, 5) is 0. The molecule has 2 N–H and O–H groups in total. The number of fused-ring (bicyclic) bond motifs is 2. The van der Waals surface area contributed by atoms with Crippen LogP contribution in [0.5, 0.6) is 0 Å². The molecule has 1 aromatic carbocycles. The van der Waals surface area contributed by atoms with E-state index < -0.39 is 0 Å². The highest BCUT2D eigenvalue weighted by Crippen LogP contribution is 2.44. The lowest BCUT2D eigenvalue weighted by atomic mass is 9.95. The number of benzene rings is 1. The first-order valence-corrected chi connectivity index (χ1v) is 7.74. The van der Waals surface area contributed by atoms with Gasteiger partial charge in [-0.05, 0) is 67.9 Å². The number of hydrogen-bond donors (Lipinski definition) is 2. The predicted octanol–water partition coefficient (Wildman–Crippen LogP) is 4.12. The highest BCUT2D eigenvalue weighted by Gasteiger charge is 2.39. The molecule has 0 saturated heterocycles. The number of nitrogens with one attached hydrogen (secondary N) is 2. The number of hydrogen-bond acceptors (Lipinski definition) is 1. The molecule has 0 unspecified atom stereocenters. The molecule has 0 radical (unpaired) electrons. The quantitative estimate of drug-likeness (QED) is 0.802. The van der Waals surface area contributed by atoms with Crippen LogP contribution < -0.4 is 10.6 Å². The van der Waals surface area contributed by atoms with Crippen molar-refractivity contribution in [3.05, 3.63) is 28.8 Å². The minimum Gasteiger partial charge on any atom is -0.359 e. The van der Waals surface area contributed by atoms with Gasteiger partial charge in [0, 0.05) is 16.8 Å². The van der Waals surface area contributed by atoms with Crippen molar-refractivity contribution < 1.29 is 0 Å². The molecular weight excluding hydrogens is 276 g/mol. The monoisotopic (exact) mass is 294 g/mol. The van der Waals surface area contributed by atoms with Crippen molar-refractivity contribution in [2.45, 2.75) is 38.6 Å². The van der Waals surface area contributed by atoms with Gasteiger partial charge in [0.15, 0.2) is 5.11 Å². The molecule has 0 amide bonds. The molecule has 2 bridgehead atoms. The predicted molar refractivity (Wildman–Crippen MR) is 84.8 cm³/mol. The van der Waals surface area contributed by atoms with E-state index in [0.29, 0.717) is 6.04 Å². The Balaban J connectivity index is 1.61. The fraction of sp³-hybridized carbons (Fsp3) is 0.533. The lowest BCUT2D eigenvalue weighted by molar-refractivity contribution is 0.392. The third-order valence-electron chi connectivity index (χ3n) is 4.50. The van der Waals surface area contributed by atoms with Gasteiger partial charge in [0.2, 0.25) is 0 Å². The van der Waals surface area contributed by atoms with Gasteiger partial charge in [-0.15, -0.1) is 0 Å². The van der Waals surface area contributed by atoms with Crippen molar-refractivity contribution in [1.82, 2.24) is 5.32 Å². The highest BCUT2D eigenvalue weighted by molar-refractivity contribution is 7.80. The zero-order chi connectivity index (χ0) is 13.4. The van der Waals surface area contributed by atoms with Gasteiger partial charge in [-0.25, -0.2) is 0 Å². The second-order valence-electron chi connectivity index (χ2n) is 5.84. The van der Waals surface area contributed by atoms with E-state index in [1.165, 1.54) is 25.7 Å². The Labute approximate surface area is 124 Å². The minimum atomic E-state index is 0.568. The summed E-state index contributed by atoms with van der Waals surface area (Å²) >= 11 is 11.4. The molecule has 0 aliphatic heterocycles. The van der Waals surface area contributed by atoms with E-state index in [1.807, 2.05) is 18.2 Å². The van der Waals surface area contributed by atoms with Crippen LogP contribution in [0.3, 0.4) is 0 Å². The van der Waals surface area contributed by atoms with Crippen molar-refractivity contribution in [3.8, 4) is 0 Å². The Kier molecular flexibility index (Phi) is 3.68. The second kappa shape index (κ2) is 5.29. The topological polar surface area (TPSA) is 24.1 Å². The minimum absolute atomic E-state index is 0.568. The van der Waals surface area contributed by atoms with Crippen LogP contribution in [0.1, 0.15) is 31.2 Å². The van der Waals surface area contributed by atoms with Crippen molar-refractivity contribution in [2.75, 3.05) is 5.32 Å². The fourth-order valence-electron chi connectivity index (χ4n) is 3.48. The van der Waals surface area contributed by atoms with Crippen molar-refractivity contribution >= 4 is 34.6 Å². The van der Waals surface area contributed by atoms with Crippen LogP contribution in [0, 0.1) is 18.8 Å². The number of rotatable bonds is 2. The Morgan fingerprint density at radius 2 is 2.16 bits per heavy atom. The normalized spacial score (nSPS) is 28.4. The first kappa shape index (κ1) is 13.2. The van der Waals surface area contributed by atoms with Gasteiger partial charge in [-0.2, -0.15) is 0 Å². The van der Waals surface area contributed by atoms with Crippen LogP contribution in [-0.2, 0) is 0 Å². The SMILES string of the molecule is Cc1ccc(Cl)cc1NC(=S)N[C@@H]1C[C@@H]2CC[C@@H]1C2. The van der Waals surface area contributed by atoms with Crippen molar-refractivity contribution in [1.29, 1.82) is 0 Å². The smallest absolute Gasteiger partial charge is 0.171 e. The number of thiocarbonyl (C=S) groups is 1. The van der Waals surface area contributed by atoms with Gasteiger partial charge in [-0.3, -0.25) is 0 Å². The Morgan fingerprint density at radius 1 is 1.32 bits per heavy atom. The van der Waals surface area contributed by atoms with Gasteiger partial charge in [0.1, 0.15) is 0 Å². The zero-order valence-electron chi connectivity index (χ0n) is 11.1. The van der Waals surface area contributed by atoms with Crippen LogP contribution >= 0.6 is 23.8 Å². The van der Waals surface area contributed by atoms with Crippen molar-refractivity contribution in [3.63, 3.8) is 0 Å². The van der Waals surface area contributed by atoms with Crippen LogP contribution in [0.4, 0.5) is 5.69 Å². The number of aryl methyl sites for hydroxylation is 1. The fourth-order valence-corrected chi connectivity index (χ4v) is 3.91. The molecule has 2 aliphatic carbocycles. The molecule has 2 nitrogen and oxygen atoms in total. The summed E-state index contributed by atoms with van der Waals surface area (Å²) < 4.78 is 0. The van der Waals surface area contributed by atoms with Gasteiger partial charge in [-0.1, -0.05) is 24.1 Å². The van der Waals surface area contributed by atoms with E-state index in [1.54, 1.807) is 0 Å². The molecule has 19 heavy (non-hydrogen) atoms. The lowest BCUT2D eigenvalue weighted by Crippen LogP contribution is -2.40. The molecule has 0 spiro atoms. The molecule has 2 fully saturated rings. The number of halogens is 1. The first-order valence-electron chi connectivity index (χ1n) is 6.95. The average molecular weight is 295 g/mol. The average Bonchev–Trinajstić information content (AvgIpc) is 2.96. The molecule has 3 rings (SSSR count). The molecule has 0 aromatic heterocycles. The second-order valence-corrected chi connectivity index (χ2v) is 6.68. The maximum absolute atomic E-state index is 6.02. The maximum Gasteiger partial charge on any atom is 0.171 e. The summed E-state index contributed by atoms with van der Waals surface area (Å²) in [6.07, 6.45) is 5.44. The molecular formula is C15H19ClN2S. The van der Waals surface area contributed by atoms with Crippen LogP contribution in [0.2, 0.25) is 5.02 Å². The standard InChI is InChI=1S/C15H19ClN2S/c1-9-2-5-12(16)8-13(9)17-15(19)18-14-7-10-3-4-11(14)6-10/h2,5,8,10-11,14H,3-4,6-7H2,1H3,(H2,17,18,19)/t10-,11-,14-/m1/s1. The Morgan fingerprint density at radius 3 is 2.84 bits per heavy atom. The first-order chi connectivity index (χ1) is 9.11. The third kappa shape index (κ3) is 2.87. The molecule has 1 aromatic rings. The van der Waals surface area contributed by atoms with E-state index in [2.05, 4.69) is 17.6 Å². The van der Waals surface area contributed by atoms with Gasteiger partial charge >= 0.3 is 0 Å². The van der Waals surface area contributed by atoms with Crippen molar-refractivity contribution in [2.24, 2.45) is 11.8 Å². The van der Waals surface area contributed by atoms with E-state index in [9.17, 15) is 0 Å². The van der Waals surface area contributed by atoms with E-state index in [0.717, 1.165) is 33.2 Å². The zero-order valence-corrected chi connectivity index (χ0v) is 12.7. The lowest BCUT2D eigenvalue weighted by Gasteiger charge is -2.24. The Hall–Kier alpha value is -0.800. The van der Waals surface area contributed by atoms with E-state index in [4.69, 9.17) is 23.8 Å². The van der Waals surface area contributed by atoms with Gasteiger partial charge < -0.3 is 10.6 Å². The summed E-state index contributed by atoms with van der Waals surface area (Å²) in [7, 11) is 0. The summed E-state index contributed by atoms with van der Waals surface area (Å²) in [6, 6.07) is 6.39.